The number of aromatic nitrogens is 3. The lowest BCUT2D eigenvalue weighted by atomic mass is 10.0. The molecule has 84 heavy (non-hydrogen) atoms. The Hall–Kier alpha value is -10.5. The summed E-state index contributed by atoms with van der Waals surface area (Å²) in [6.45, 7) is 0. The van der Waals surface area contributed by atoms with Crippen molar-refractivity contribution in [2.45, 2.75) is 0 Å². The van der Waals surface area contributed by atoms with Crippen molar-refractivity contribution in [1.29, 1.82) is 0 Å². The molecule has 0 aliphatic rings. The lowest BCUT2D eigenvalue weighted by Crippen LogP contribution is -2.74. The molecule has 15 aromatic rings. The summed E-state index contributed by atoms with van der Waals surface area (Å²) < 4.78 is 12.5. The first kappa shape index (κ1) is 50.5. The van der Waals surface area contributed by atoms with Gasteiger partial charge in [0.05, 0.1) is 28.4 Å². The second-order valence-electron chi connectivity index (χ2n) is 21.4. The number of hydrogen-bond acceptors (Lipinski definition) is 4. The van der Waals surface area contributed by atoms with Crippen LogP contribution < -0.4 is 25.6 Å². The molecule has 0 N–H and O–H groups in total. The van der Waals surface area contributed by atoms with Crippen molar-refractivity contribution in [2.75, 3.05) is 4.90 Å². The van der Waals surface area contributed by atoms with Gasteiger partial charge in [-0.2, -0.15) is 8.75 Å². The average molecular weight is 1110 g/mol. The molecule has 396 valence electrons. The number of fused-ring (bicyclic) bond motifs is 4. The lowest BCUT2D eigenvalue weighted by molar-refractivity contribution is 1.18. The third kappa shape index (κ3) is 9.02. The van der Waals surface area contributed by atoms with Crippen LogP contribution in [-0.2, 0) is 0 Å². The van der Waals surface area contributed by atoms with Gasteiger partial charge in [0, 0.05) is 33.4 Å². The number of anilines is 3. The second-order valence-corrected chi connectivity index (χ2v) is 25.7. The molecule has 0 fully saturated rings. The zero-order valence-electron chi connectivity index (χ0n) is 45.9. The van der Waals surface area contributed by atoms with Crippen LogP contribution in [0.5, 0.6) is 0 Å². The van der Waals surface area contributed by atoms with Crippen molar-refractivity contribution in [2.24, 2.45) is 0 Å². The summed E-state index contributed by atoms with van der Waals surface area (Å²) in [5, 5.41) is 7.86. The van der Waals surface area contributed by atoms with Crippen molar-refractivity contribution in [3.05, 3.63) is 328 Å². The van der Waals surface area contributed by atoms with Gasteiger partial charge in [-0.05, 0) is 144 Å². The Kier molecular flexibility index (Phi) is 13.1. The van der Waals surface area contributed by atoms with Crippen molar-refractivity contribution in [3.8, 4) is 61.3 Å². The van der Waals surface area contributed by atoms with E-state index in [2.05, 4.69) is 337 Å². The summed E-state index contributed by atoms with van der Waals surface area (Å²) in [6, 6.07) is 120. The Morgan fingerprint density at radius 2 is 0.631 bits per heavy atom. The van der Waals surface area contributed by atoms with Crippen LogP contribution in [0.4, 0.5) is 17.1 Å². The van der Waals surface area contributed by atoms with Crippen LogP contribution in [0.1, 0.15) is 0 Å². The molecule has 0 atom stereocenters. The van der Waals surface area contributed by atoms with Gasteiger partial charge in [0.1, 0.15) is 11.0 Å². The van der Waals surface area contributed by atoms with E-state index in [0.29, 0.717) is 0 Å². The van der Waals surface area contributed by atoms with E-state index in [1.807, 2.05) is 0 Å². The Balaban J connectivity index is 0.793. The molecule has 0 saturated heterocycles. The fraction of sp³-hybridized carbons (Fsp3) is 0. The minimum absolute atomic E-state index is 0.849. The molecular weight excluding hydrogens is 1050 g/mol. The van der Waals surface area contributed by atoms with Crippen molar-refractivity contribution in [3.63, 3.8) is 0 Å². The third-order valence-corrected chi connectivity index (χ3v) is 22.0. The molecule has 4 nitrogen and oxygen atoms in total. The molecule has 13 aromatic carbocycles. The minimum atomic E-state index is -2.66. The fourth-order valence-corrected chi connectivity index (χ4v) is 17.9. The normalized spacial score (nSPS) is 11.6. The highest BCUT2D eigenvalue weighted by Crippen LogP contribution is 2.43. The summed E-state index contributed by atoms with van der Waals surface area (Å²) in [5.74, 6) is 0. The molecule has 0 unspecified atom stereocenters. The largest absolute Gasteiger partial charge is 0.309 e. The minimum Gasteiger partial charge on any atom is -0.309 e. The quantitative estimate of drug-likeness (QED) is 0.0852. The van der Waals surface area contributed by atoms with Crippen LogP contribution in [0.3, 0.4) is 0 Å². The monoisotopic (exact) mass is 1110 g/mol. The smallest absolute Gasteiger partial charge is 0.179 e. The molecule has 0 bridgehead atoms. The Labute approximate surface area is 494 Å². The molecule has 15 rings (SSSR count). The van der Waals surface area contributed by atoms with Gasteiger partial charge < -0.3 is 9.47 Å². The first-order valence-electron chi connectivity index (χ1n) is 28.5. The number of rotatable bonds is 13. The highest BCUT2D eigenvalue weighted by Gasteiger charge is 2.41. The van der Waals surface area contributed by atoms with Gasteiger partial charge in [0.2, 0.25) is 0 Å². The standard InChI is InChI=1S/C78H54N4SSi/c1-7-19-55(20-8-1)58-31-41-64(42-32-58)81(65-43-33-59(34-44-65)60-37-47-70(48-38-60)84(67-25-13-4-14-26-67,68-27-15-5-16-28-68)69-29-17-6-18-30-69)76-52-49-71(77-78(76)80-83-79-77)61-35-45-66(46-36-61)82-74-50-39-62(56-21-9-2-10-22-56)53-72(74)73-54-63(40-51-75(73)82)57-23-11-3-12-24-57/h1-54H. The maximum absolute atomic E-state index is 5.07. The average Bonchev–Trinajstić information content (AvgIpc) is 1.71. The molecule has 0 amide bonds. The van der Waals surface area contributed by atoms with Crippen molar-refractivity contribution >= 4 is 90.5 Å². The van der Waals surface area contributed by atoms with E-state index in [0.717, 1.165) is 72.6 Å². The molecular formula is C78H54N4SSi. The van der Waals surface area contributed by atoms with E-state index in [1.165, 1.54) is 71.1 Å². The van der Waals surface area contributed by atoms with E-state index in [1.54, 1.807) is 0 Å². The van der Waals surface area contributed by atoms with Gasteiger partial charge in [-0.25, -0.2) is 0 Å². The topological polar surface area (TPSA) is 34.0 Å². The predicted octanol–water partition coefficient (Wildman–Crippen LogP) is 18.0. The Bertz CT molecular complexity index is 4570. The third-order valence-electron chi connectivity index (χ3n) is 16.7. The molecule has 0 spiro atoms. The summed E-state index contributed by atoms with van der Waals surface area (Å²) >= 11 is 1.26. The van der Waals surface area contributed by atoms with Gasteiger partial charge in [-0.3, -0.25) is 0 Å². The number of hydrogen-bond donors (Lipinski definition) is 0. The Morgan fingerprint density at radius 3 is 1.07 bits per heavy atom. The van der Waals surface area contributed by atoms with Crippen molar-refractivity contribution < 1.29 is 0 Å². The Morgan fingerprint density at radius 1 is 0.286 bits per heavy atom. The summed E-state index contributed by atoms with van der Waals surface area (Å²) in [7, 11) is -2.66. The molecule has 0 saturated carbocycles. The second kappa shape index (κ2) is 21.8. The van der Waals surface area contributed by atoms with E-state index >= 15 is 0 Å². The molecule has 0 aliphatic heterocycles. The van der Waals surface area contributed by atoms with Crippen LogP contribution in [0.2, 0.25) is 0 Å². The van der Waals surface area contributed by atoms with Crippen LogP contribution >= 0.6 is 11.7 Å². The van der Waals surface area contributed by atoms with Gasteiger partial charge in [-0.15, -0.1) is 0 Å². The van der Waals surface area contributed by atoms with E-state index in [-0.39, 0.29) is 0 Å². The SMILES string of the molecule is c1ccc(-c2ccc(N(c3ccc(-c4ccc([Si](c5ccccc5)(c5ccccc5)c5ccccc5)cc4)cc3)c3ccc(-c4ccc(-n5c6ccc(-c7ccccc7)cc6c6cc(-c7ccccc7)ccc65)cc4)c4nsnc34)cc2)cc1. The fourth-order valence-electron chi connectivity index (χ4n) is 12.6. The maximum atomic E-state index is 5.07. The molecule has 2 heterocycles. The van der Waals surface area contributed by atoms with E-state index < -0.39 is 8.07 Å². The zero-order valence-corrected chi connectivity index (χ0v) is 47.7. The van der Waals surface area contributed by atoms with Crippen LogP contribution in [0.15, 0.2) is 328 Å². The lowest BCUT2D eigenvalue weighted by Gasteiger charge is -2.34. The highest BCUT2D eigenvalue weighted by molar-refractivity contribution is 7.19. The summed E-state index contributed by atoms with van der Waals surface area (Å²) in [6.07, 6.45) is 0. The van der Waals surface area contributed by atoms with Crippen LogP contribution in [-0.4, -0.2) is 21.4 Å². The van der Waals surface area contributed by atoms with Crippen molar-refractivity contribution in [1.82, 2.24) is 13.3 Å². The van der Waals surface area contributed by atoms with Gasteiger partial charge >= 0.3 is 0 Å². The summed E-state index contributed by atoms with van der Waals surface area (Å²) in [5.41, 5.74) is 19.7. The maximum Gasteiger partial charge on any atom is 0.179 e. The van der Waals surface area contributed by atoms with Gasteiger partial charge in [0.15, 0.2) is 8.07 Å². The highest BCUT2D eigenvalue weighted by atomic mass is 32.1. The first-order chi connectivity index (χ1) is 41.7. The molecule has 0 aliphatic carbocycles. The number of nitrogens with zero attached hydrogens (tertiary/aromatic N) is 4. The molecule has 6 heteroatoms. The van der Waals surface area contributed by atoms with Crippen LogP contribution in [0.25, 0.3) is 94.2 Å². The summed E-state index contributed by atoms with van der Waals surface area (Å²) in [4.78, 5) is 2.33. The van der Waals surface area contributed by atoms with Gasteiger partial charge in [-0.1, -0.05) is 255 Å². The predicted molar refractivity (Wildman–Crippen MR) is 357 cm³/mol. The van der Waals surface area contributed by atoms with Gasteiger partial charge in [0.25, 0.3) is 0 Å². The zero-order chi connectivity index (χ0) is 55.8. The molecule has 2 aromatic heterocycles. The van der Waals surface area contributed by atoms with E-state index in [9.17, 15) is 0 Å². The number of benzene rings is 13. The van der Waals surface area contributed by atoms with E-state index in [4.69, 9.17) is 8.75 Å². The molecule has 0 radical (unpaired) electrons. The first-order valence-corrected chi connectivity index (χ1v) is 31.3. The van der Waals surface area contributed by atoms with Crippen LogP contribution in [0, 0.1) is 0 Å².